The molecule has 1 atom stereocenters. The molecule has 0 N–H and O–H groups in total. The second-order valence-corrected chi connectivity index (χ2v) is 5.71. The molecule has 4 nitrogen and oxygen atoms in total. The Hall–Kier alpha value is -1.58. The van der Waals surface area contributed by atoms with E-state index in [0.717, 1.165) is 19.3 Å². The summed E-state index contributed by atoms with van der Waals surface area (Å²) in [6.45, 7) is 17.6. The lowest BCUT2D eigenvalue weighted by Crippen LogP contribution is -2.14. The Morgan fingerprint density at radius 2 is 1.43 bits per heavy atom. The first-order chi connectivity index (χ1) is 10.8. The van der Waals surface area contributed by atoms with Crippen LogP contribution in [0.4, 0.5) is 0 Å². The van der Waals surface area contributed by atoms with Crippen LogP contribution in [0.25, 0.3) is 0 Å². The fourth-order valence-corrected chi connectivity index (χ4v) is 1.53. The summed E-state index contributed by atoms with van der Waals surface area (Å²) in [6, 6.07) is 0. The Kier molecular flexibility index (Phi) is 15.8. The van der Waals surface area contributed by atoms with Crippen molar-refractivity contribution in [3.63, 3.8) is 0 Å². The molecule has 0 rings (SSSR count). The van der Waals surface area contributed by atoms with Gasteiger partial charge in [0.15, 0.2) is 0 Å². The Morgan fingerprint density at radius 3 is 1.83 bits per heavy atom. The summed E-state index contributed by atoms with van der Waals surface area (Å²) >= 11 is 0. The lowest BCUT2D eigenvalue weighted by atomic mass is 10.0. The molecule has 134 valence electrons. The number of esters is 2. The average Bonchev–Trinajstić information content (AvgIpc) is 2.52. The van der Waals surface area contributed by atoms with Crippen LogP contribution in [0.15, 0.2) is 24.3 Å². The molecule has 0 aromatic heterocycles. The second-order valence-electron chi connectivity index (χ2n) is 5.71. The van der Waals surface area contributed by atoms with Gasteiger partial charge in [0.1, 0.15) is 0 Å². The lowest BCUT2D eigenvalue weighted by Gasteiger charge is -2.14. The lowest BCUT2D eigenvalue weighted by molar-refractivity contribution is -0.140. The number of unbranched alkanes of at least 4 members (excludes halogenated alkanes) is 1. The molecule has 0 amide bonds. The van der Waals surface area contributed by atoms with Crippen LogP contribution in [-0.4, -0.2) is 25.2 Å². The van der Waals surface area contributed by atoms with E-state index in [4.69, 9.17) is 9.47 Å². The maximum absolute atomic E-state index is 11.1. The smallest absolute Gasteiger partial charge is 0.333 e. The Labute approximate surface area is 141 Å². The van der Waals surface area contributed by atoms with Crippen LogP contribution >= 0.6 is 0 Å². The van der Waals surface area contributed by atoms with E-state index in [0.29, 0.717) is 30.3 Å². The third-order valence-electron chi connectivity index (χ3n) is 3.13. The highest BCUT2D eigenvalue weighted by Gasteiger charge is 2.09. The highest BCUT2D eigenvalue weighted by atomic mass is 16.5. The molecule has 0 spiro atoms. The maximum atomic E-state index is 11.1. The summed E-state index contributed by atoms with van der Waals surface area (Å²) < 4.78 is 9.83. The van der Waals surface area contributed by atoms with Gasteiger partial charge in [-0.3, -0.25) is 0 Å². The quantitative estimate of drug-likeness (QED) is 0.426. The number of hydrogen-bond donors (Lipinski definition) is 0. The standard InChI is InChI=1S/C12H22O2.C7H12O2/c1-5-7-8-11(6-2)9-14-12(13)10(3)4;1-4-5-9-7(8)6(2)3/h11H,3,5-9H2,1-2,4H3;2,4-5H2,1,3H3. The molecule has 0 aromatic carbocycles. The van der Waals surface area contributed by atoms with E-state index in [1.165, 1.54) is 12.8 Å². The first-order valence-corrected chi connectivity index (χ1v) is 8.45. The van der Waals surface area contributed by atoms with Crippen LogP contribution in [0, 0.1) is 5.92 Å². The van der Waals surface area contributed by atoms with Crippen molar-refractivity contribution < 1.29 is 19.1 Å². The van der Waals surface area contributed by atoms with Gasteiger partial charge < -0.3 is 9.47 Å². The number of hydrogen-bond acceptors (Lipinski definition) is 4. The Balaban J connectivity index is 0. The molecule has 0 bridgehead atoms. The van der Waals surface area contributed by atoms with Gasteiger partial charge in [0, 0.05) is 11.1 Å². The SMILES string of the molecule is C=C(C)C(=O)OCC(CC)CCCC.C=C(C)C(=O)OCCC. The molecule has 0 aliphatic rings. The number of carbonyl (C=O) groups excluding carboxylic acids is 2. The average molecular weight is 326 g/mol. The van der Waals surface area contributed by atoms with Crippen LogP contribution in [-0.2, 0) is 19.1 Å². The number of rotatable bonds is 10. The van der Waals surface area contributed by atoms with Crippen molar-refractivity contribution in [1.82, 2.24) is 0 Å². The van der Waals surface area contributed by atoms with Crippen molar-refractivity contribution in [1.29, 1.82) is 0 Å². The van der Waals surface area contributed by atoms with Gasteiger partial charge in [0.05, 0.1) is 13.2 Å². The first kappa shape index (κ1) is 23.7. The molecule has 1 unspecified atom stereocenters. The number of ether oxygens (including phenoxy) is 2. The zero-order valence-corrected chi connectivity index (χ0v) is 15.6. The fraction of sp³-hybridized carbons (Fsp3) is 0.684. The second kappa shape index (κ2) is 15.3. The predicted molar refractivity (Wildman–Crippen MR) is 95.1 cm³/mol. The Morgan fingerprint density at radius 1 is 0.913 bits per heavy atom. The van der Waals surface area contributed by atoms with Gasteiger partial charge in [-0.2, -0.15) is 0 Å². The summed E-state index contributed by atoms with van der Waals surface area (Å²) in [7, 11) is 0. The van der Waals surface area contributed by atoms with E-state index < -0.39 is 0 Å². The van der Waals surface area contributed by atoms with E-state index in [1.807, 2.05) is 6.92 Å². The van der Waals surface area contributed by atoms with E-state index in [1.54, 1.807) is 13.8 Å². The maximum Gasteiger partial charge on any atom is 0.333 e. The molecule has 0 aromatic rings. The van der Waals surface area contributed by atoms with Gasteiger partial charge in [-0.1, -0.05) is 53.2 Å². The zero-order valence-electron chi connectivity index (χ0n) is 15.6. The molecule has 23 heavy (non-hydrogen) atoms. The van der Waals surface area contributed by atoms with Crippen LogP contribution in [0.1, 0.15) is 66.7 Å². The van der Waals surface area contributed by atoms with Crippen molar-refractivity contribution in [2.45, 2.75) is 66.7 Å². The van der Waals surface area contributed by atoms with Gasteiger partial charge in [-0.25, -0.2) is 9.59 Å². The molecule has 4 heteroatoms. The van der Waals surface area contributed by atoms with Crippen LogP contribution < -0.4 is 0 Å². The highest BCUT2D eigenvalue weighted by Crippen LogP contribution is 2.13. The molecule has 0 aliphatic carbocycles. The van der Waals surface area contributed by atoms with Crippen LogP contribution in [0.2, 0.25) is 0 Å². The monoisotopic (exact) mass is 326 g/mol. The van der Waals surface area contributed by atoms with E-state index >= 15 is 0 Å². The number of carbonyl (C=O) groups is 2. The molecular weight excluding hydrogens is 292 g/mol. The van der Waals surface area contributed by atoms with Crippen molar-refractivity contribution >= 4 is 11.9 Å². The molecule has 0 fully saturated rings. The molecule has 0 saturated carbocycles. The minimum atomic E-state index is -0.295. The van der Waals surface area contributed by atoms with Crippen molar-refractivity contribution in [3.8, 4) is 0 Å². The highest BCUT2D eigenvalue weighted by molar-refractivity contribution is 5.87. The van der Waals surface area contributed by atoms with Gasteiger partial charge in [-0.15, -0.1) is 0 Å². The summed E-state index contributed by atoms with van der Waals surface area (Å²) in [5, 5.41) is 0. The normalized spacial score (nSPS) is 10.8. The van der Waals surface area contributed by atoms with E-state index in [2.05, 4.69) is 27.0 Å². The van der Waals surface area contributed by atoms with Gasteiger partial charge in [0.25, 0.3) is 0 Å². The van der Waals surface area contributed by atoms with Crippen molar-refractivity contribution in [2.24, 2.45) is 5.92 Å². The van der Waals surface area contributed by atoms with Gasteiger partial charge >= 0.3 is 11.9 Å². The third-order valence-corrected chi connectivity index (χ3v) is 3.13. The summed E-state index contributed by atoms with van der Waals surface area (Å²) in [6.07, 6.45) is 5.49. The summed E-state index contributed by atoms with van der Waals surface area (Å²) in [4.78, 5) is 21.7. The molecule has 0 heterocycles. The van der Waals surface area contributed by atoms with Crippen LogP contribution in [0.3, 0.4) is 0 Å². The first-order valence-electron chi connectivity index (χ1n) is 8.45. The molecular formula is C19H34O4. The van der Waals surface area contributed by atoms with Crippen molar-refractivity contribution in [3.05, 3.63) is 24.3 Å². The fourth-order valence-electron chi connectivity index (χ4n) is 1.53. The predicted octanol–water partition coefficient (Wildman–Crippen LogP) is 4.84. The van der Waals surface area contributed by atoms with Crippen LogP contribution in [0.5, 0.6) is 0 Å². The minimum Gasteiger partial charge on any atom is -0.462 e. The minimum absolute atomic E-state index is 0.264. The van der Waals surface area contributed by atoms with E-state index in [-0.39, 0.29) is 11.9 Å². The molecule has 0 saturated heterocycles. The largest absolute Gasteiger partial charge is 0.462 e. The third kappa shape index (κ3) is 15.1. The van der Waals surface area contributed by atoms with Gasteiger partial charge in [0.2, 0.25) is 0 Å². The van der Waals surface area contributed by atoms with E-state index in [9.17, 15) is 9.59 Å². The molecule has 0 radical (unpaired) electrons. The summed E-state index contributed by atoms with van der Waals surface area (Å²) in [5.41, 5.74) is 0.943. The Bertz CT molecular complexity index is 372. The molecule has 0 aliphatic heterocycles. The van der Waals surface area contributed by atoms with Crippen molar-refractivity contribution in [2.75, 3.05) is 13.2 Å². The topological polar surface area (TPSA) is 52.6 Å². The zero-order chi connectivity index (χ0) is 18.3. The summed E-state index contributed by atoms with van der Waals surface area (Å²) in [5.74, 6) is -0.0463. The van der Waals surface area contributed by atoms with Gasteiger partial charge in [-0.05, 0) is 32.6 Å².